The summed E-state index contributed by atoms with van der Waals surface area (Å²) in [6.45, 7) is 8.97. The molecule has 2 rings (SSSR count). The SMILES string of the molecule is Cc1ccccc1COc1c(C)cc(CN(C)C(=O)[C@H](C)N)cc1C. The molecule has 134 valence electrons. The van der Waals surface area contributed by atoms with Gasteiger partial charge in [0.15, 0.2) is 0 Å². The lowest BCUT2D eigenvalue weighted by Gasteiger charge is -2.21. The van der Waals surface area contributed by atoms with Gasteiger partial charge >= 0.3 is 0 Å². The predicted molar refractivity (Wildman–Crippen MR) is 102 cm³/mol. The fraction of sp³-hybridized carbons (Fsp3) is 0.381. The van der Waals surface area contributed by atoms with Gasteiger partial charge in [0.2, 0.25) is 5.91 Å². The molecule has 0 aliphatic heterocycles. The van der Waals surface area contributed by atoms with Crippen LogP contribution < -0.4 is 10.5 Å². The van der Waals surface area contributed by atoms with Crippen LogP contribution in [0, 0.1) is 20.8 Å². The molecule has 0 radical (unpaired) electrons. The van der Waals surface area contributed by atoms with Crippen LogP contribution in [0.4, 0.5) is 0 Å². The average Bonchev–Trinajstić information content (AvgIpc) is 2.54. The second-order valence-corrected chi connectivity index (χ2v) is 6.76. The molecule has 0 aliphatic rings. The van der Waals surface area contributed by atoms with Crippen LogP contribution in [0.2, 0.25) is 0 Å². The largest absolute Gasteiger partial charge is 0.488 e. The zero-order chi connectivity index (χ0) is 18.6. The minimum Gasteiger partial charge on any atom is -0.488 e. The van der Waals surface area contributed by atoms with Gasteiger partial charge in [-0.25, -0.2) is 0 Å². The molecular weight excluding hydrogens is 312 g/mol. The minimum atomic E-state index is -0.482. The molecule has 25 heavy (non-hydrogen) atoms. The Morgan fingerprint density at radius 2 is 1.72 bits per heavy atom. The number of hydrogen-bond donors (Lipinski definition) is 1. The number of rotatable bonds is 6. The van der Waals surface area contributed by atoms with E-state index in [1.165, 1.54) is 11.1 Å². The van der Waals surface area contributed by atoms with Crippen LogP contribution in [0.3, 0.4) is 0 Å². The van der Waals surface area contributed by atoms with Gasteiger partial charge in [0.25, 0.3) is 0 Å². The number of carbonyl (C=O) groups is 1. The monoisotopic (exact) mass is 340 g/mol. The lowest BCUT2D eigenvalue weighted by atomic mass is 10.0. The Labute approximate surface area is 150 Å². The topological polar surface area (TPSA) is 55.6 Å². The highest BCUT2D eigenvalue weighted by molar-refractivity contribution is 5.80. The highest BCUT2D eigenvalue weighted by Crippen LogP contribution is 2.26. The average molecular weight is 340 g/mol. The normalized spacial score (nSPS) is 11.9. The Hall–Kier alpha value is -2.33. The van der Waals surface area contributed by atoms with Crippen molar-refractivity contribution in [1.82, 2.24) is 4.90 Å². The van der Waals surface area contributed by atoms with Crippen molar-refractivity contribution in [3.05, 3.63) is 64.2 Å². The fourth-order valence-corrected chi connectivity index (χ4v) is 2.98. The van der Waals surface area contributed by atoms with Gasteiger partial charge in [-0.1, -0.05) is 36.4 Å². The van der Waals surface area contributed by atoms with Gasteiger partial charge in [0.05, 0.1) is 6.04 Å². The van der Waals surface area contributed by atoms with E-state index in [0.717, 1.165) is 22.4 Å². The Morgan fingerprint density at radius 1 is 1.12 bits per heavy atom. The van der Waals surface area contributed by atoms with E-state index in [9.17, 15) is 4.79 Å². The molecule has 1 amide bonds. The summed E-state index contributed by atoms with van der Waals surface area (Å²) in [5, 5.41) is 0. The molecule has 4 nitrogen and oxygen atoms in total. The molecule has 0 saturated carbocycles. The Balaban J connectivity index is 2.12. The molecule has 0 fully saturated rings. The summed E-state index contributed by atoms with van der Waals surface area (Å²) in [6.07, 6.45) is 0. The van der Waals surface area contributed by atoms with Gasteiger partial charge in [0.1, 0.15) is 12.4 Å². The third-order valence-electron chi connectivity index (χ3n) is 4.34. The molecule has 0 aromatic heterocycles. The number of amides is 1. The first-order valence-electron chi connectivity index (χ1n) is 8.57. The summed E-state index contributed by atoms with van der Waals surface area (Å²) in [4.78, 5) is 13.6. The van der Waals surface area contributed by atoms with E-state index in [0.29, 0.717) is 13.2 Å². The fourth-order valence-electron chi connectivity index (χ4n) is 2.98. The van der Waals surface area contributed by atoms with Crippen LogP contribution >= 0.6 is 0 Å². The Kier molecular flexibility index (Phi) is 6.21. The smallest absolute Gasteiger partial charge is 0.239 e. The van der Waals surface area contributed by atoms with Gasteiger partial charge in [-0.05, 0) is 55.5 Å². The van der Waals surface area contributed by atoms with E-state index in [1.807, 2.05) is 26.0 Å². The molecule has 0 aliphatic carbocycles. The predicted octanol–water partition coefficient (Wildman–Crippen LogP) is 3.50. The van der Waals surface area contributed by atoms with E-state index < -0.39 is 6.04 Å². The highest BCUT2D eigenvalue weighted by atomic mass is 16.5. The molecule has 0 heterocycles. The number of nitrogens with zero attached hydrogens (tertiary/aromatic N) is 1. The molecule has 0 unspecified atom stereocenters. The summed E-state index contributed by atoms with van der Waals surface area (Å²) >= 11 is 0. The maximum Gasteiger partial charge on any atom is 0.239 e. The van der Waals surface area contributed by atoms with Gasteiger partial charge in [-0.2, -0.15) is 0 Å². The molecule has 0 spiro atoms. The van der Waals surface area contributed by atoms with Crippen LogP contribution in [-0.4, -0.2) is 23.9 Å². The molecule has 0 bridgehead atoms. The van der Waals surface area contributed by atoms with E-state index >= 15 is 0 Å². The van der Waals surface area contributed by atoms with Gasteiger partial charge in [-0.3, -0.25) is 4.79 Å². The first-order valence-corrected chi connectivity index (χ1v) is 8.57. The van der Waals surface area contributed by atoms with E-state index in [2.05, 4.69) is 31.2 Å². The third kappa shape index (κ3) is 4.83. The summed E-state index contributed by atoms with van der Waals surface area (Å²) < 4.78 is 6.08. The summed E-state index contributed by atoms with van der Waals surface area (Å²) in [5.41, 5.74) is 11.3. The van der Waals surface area contributed by atoms with Crippen molar-refractivity contribution in [3.63, 3.8) is 0 Å². The maximum absolute atomic E-state index is 12.0. The van der Waals surface area contributed by atoms with Crippen LogP contribution in [0.1, 0.15) is 34.7 Å². The van der Waals surface area contributed by atoms with Crippen LogP contribution in [0.5, 0.6) is 5.75 Å². The molecule has 4 heteroatoms. The second-order valence-electron chi connectivity index (χ2n) is 6.76. The second kappa shape index (κ2) is 8.17. The van der Waals surface area contributed by atoms with E-state index in [-0.39, 0.29) is 5.91 Å². The van der Waals surface area contributed by atoms with Gasteiger partial charge < -0.3 is 15.4 Å². The van der Waals surface area contributed by atoms with Gasteiger partial charge in [0, 0.05) is 13.6 Å². The molecule has 1 atom stereocenters. The molecule has 2 aromatic rings. The first kappa shape index (κ1) is 19.0. The van der Waals surface area contributed by atoms with Crippen molar-refractivity contribution in [2.45, 2.75) is 46.9 Å². The number of hydrogen-bond acceptors (Lipinski definition) is 3. The zero-order valence-corrected chi connectivity index (χ0v) is 15.8. The number of ether oxygens (including phenoxy) is 1. The number of likely N-dealkylation sites (N-methyl/N-ethyl adjacent to an activating group) is 1. The molecular formula is C21H28N2O2. The van der Waals surface area contributed by atoms with E-state index in [4.69, 9.17) is 10.5 Å². The summed E-state index contributed by atoms with van der Waals surface area (Å²) in [6, 6.07) is 11.9. The quantitative estimate of drug-likeness (QED) is 0.876. The highest BCUT2D eigenvalue weighted by Gasteiger charge is 2.15. The van der Waals surface area contributed by atoms with Crippen molar-refractivity contribution in [2.75, 3.05) is 7.05 Å². The minimum absolute atomic E-state index is 0.0600. The van der Waals surface area contributed by atoms with Gasteiger partial charge in [-0.15, -0.1) is 0 Å². The van der Waals surface area contributed by atoms with Crippen LogP contribution in [0.15, 0.2) is 36.4 Å². The number of carbonyl (C=O) groups excluding carboxylic acids is 1. The van der Waals surface area contributed by atoms with Crippen molar-refractivity contribution in [1.29, 1.82) is 0 Å². The van der Waals surface area contributed by atoms with Crippen molar-refractivity contribution < 1.29 is 9.53 Å². The standard InChI is InChI=1S/C21H28N2O2/c1-14-8-6-7-9-19(14)13-25-20-15(2)10-18(11-16(20)3)12-23(5)21(24)17(4)22/h6-11,17H,12-13,22H2,1-5H3/t17-/m0/s1. The Bertz CT molecular complexity index is 730. The van der Waals surface area contributed by atoms with Crippen LogP contribution in [0.25, 0.3) is 0 Å². The molecule has 2 N–H and O–H groups in total. The lowest BCUT2D eigenvalue weighted by molar-refractivity contribution is -0.131. The number of benzene rings is 2. The van der Waals surface area contributed by atoms with Crippen molar-refractivity contribution in [3.8, 4) is 5.75 Å². The maximum atomic E-state index is 12.0. The summed E-state index contributed by atoms with van der Waals surface area (Å²) in [7, 11) is 1.78. The van der Waals surface area contributed by atoms with E-state index in [1.54, 1.807) is 18.9 Å². The van der Waals surface area contributed by atoms with Crippen LogP contribution in [-0.2, 0) is 17.9 Å². The number of nitrogens with two attached hydrogens (primary N) is 1. The molecule has 0 saturated heterocycles. The summed E-state index contributed by atoms with van der Waals surface area (Å²) in [5.74, 6) is 0.850. The van der Waals surface area contributed by atoms with Crippen molar-refractivity contribution >= 4 is 5.91 Å². The first-order chi connectivity index (χ1) is 11.8. The third-order valence-corrected chi connectivity index (χ3v) is 4.34. The van der Waals surface area contributed by atoms with Crippen molar-refractivity contribution in [2.24, 2.45) is 5.73 Å². The zero-order valence-electron chi connectivity index (χ0n) is 15.8. The lowest BCUT2D eigenvalue weighted by Crippen LogP contribution is -2.39. The number of aryl methyl sites for hydroxylation is 3. The Morgan fingerprint density at radius 3 is 2.28 bits per heavy atom. The molecule has 2 aromatic carbocycles.